The van der Waals surface area contributed by atoms with E-state index in [1.165, 1.54) is 0 Å². The van der Waals surface area contributed by atoms with Crippen LogP contribution in [0, 0.1) is 0 Å². The lowest BCUT2D eigenvalue weighted by Crippen LogP contribution is -2.38. The smallest absolute Gasteiger partial charge is 0.241 e. The number of ether oxygens (including phenoxy) is 2. The molecule has 0 aliphatic carbocycles. The van der Waals surface area contributed by atoms with Crippen molar-refractivity contribution in [1.29, 1.82) is 0 Å². The maximum absolute atomic E-state index is 12.2. The summed E-state index contributed by atoms with van der Waals surface area (Å²) in [6.45, 7) is 3.23. The highest BCUT2D eigenvalue weighted by Crippen LogP contribution is 2.32. The van der Waals surface area contributed by atoms with Crippen LogP contribution in [-0.2, 0) is 4.79 Å². The largest absolute Gasteiger partial charge is 0.486 e. The second-order valence-electron chi connectivity index (χ2n) is 4.83. The van der Waals surface area contributed by atoms with Gasteiger partial charge in [0.2, 0.25) is 5.91 Å². The molecule has 0 bridgehead atoms. The molecule has 1 amide bonds. The van der Waals surface area contributed by atoms with E-state index >= 15 is 0 Å². The maximum Gasteiger partial charge on any atom is 0.241 e. The number of benzene rings is 1. The van der Waals surface area contributed by atoms with Crippen molar-refractivity contribution < 1.29 is 14.3 Å². The van der Waals surface area contributed by atoms with Crippen molar-refractivity contribution in [2.45, 2.75) is 32.2 Å². The van der Waals surface area contributed by atoms with E-state index in [0.717, 1.165) is 30.7 Å². The van der Waals surface area contributed by atoms with Crippen molar-refractivity contribution in [2.75, 3.05) is 25.6 Å². The number of carbonyl (C=O) groups is 1. The number of unbranched alkanes of at least 4 members (excludes halogenated alkanes) is 1. The number of amides is 1. The van der Waals surface area contributed by atoms with Gasteiger partial charge in [-0.25, -0.2) is 0 Å². The van der Waals surface area contributed by atoms with Crippen molar-refractivity contribution in [3.8, 4) is 11.5 Å². The molecule has 1 aromatic carbocycles. The molecule has 2 rings (SSSR count). The third-order valence-electron chi connectivity index (χ3n) is 3.32. The Kier molecular flexibility index (Phi) is 5.24. The Hall–Kier alpha value is -1.75. The van der Waals surface area contributed by atoms with Gasteiger partial charge in [-0.3, -0.25) is 4.79 Å². The van der Waals surface area contributed by atoms with Crippen molar-refractivity contribution in [3.63, 3.8) is 0 Å². The standard InChI is InChI=1S/C15H22N2O3/c1-3-4-5-12(16-2)15(18)17-11-6-7-13-14(10-11)20-9-8-19-13/h6-7,10,12,16H,3-5,8-9H2,1-2H3,(H,17,18)/t12-/m1/s1. The Morgan fingerprint density at radius 1 is 1.30 bits per heavy atom. The zero-order chi connectivity index (χ0) is 14.4. The predicted octanol–water partition coefficient (Wildman–Crippen LogP) is 2.17. The van der Waals surface area contributed by atoms with E-state index in [1.54, 1.807) is 6.07 Å². The minimum atomic E-state index is -0.164. The zero-order valence-corrected chi connectivity index (χ0v) is 12.1. The highest BCUT2D eigenvalue weighted by molar-refractivity contribution is 5.95. The highest BCUT2D eigenvalue weighted by Gasteiger charge is 2.17. The molecule has 0 spiro atoms. The van der Waals surface area contributed by atoms with Gasteiger partial charge in [0, 0.05) is 11.8 Å². The Labute approximate surface area is 119 Å². The molecular weight excluding hydrogens is 256 g/mol. The Balaban J connectivity index is 1.99. The predicted molar refractivity (Wildman–Crippen MR) is 78.4 cm³/mol. The van der Waals surface area contributed by atoms with Crippen molar-refractivity contribution in [1.82, 2.24) is 5.32 Å². The van der Waals surface area contributed by atoms with Crippen molar-refractivity contribution in [2.24, 2.45) is 0 Å². The van der Waals surface area contributed by atoms with E-state index in [-0.39, 0.29) is 11.9 Å². The van der Waals surface area contributed by atoms with Crippen LogP contribution in [0.5, 0.6) is 11.5 Å². The topological polar surface area (TPSA) is 59.6 Å². The second-order valence-corrected chi connectivity index (χ2v) is 4.83. The van der Waals surface area contributed by atoms with Gasteiger partial charge in [0.05, 0.1) is 6.04 Å². The van der Waals surface area contributed by atoms with Crippen LogP contribution in [0.15, 0.2) is 18.2 Å². The average Bonchev–Trinajstić information content (AvgIpc) is 2.48. The van der Waals surface area contributed by atoms with Gasteiger partial charge >= 0.3 is 0 Å². The van der Waals surface area contributed by atoms with Gasteiger partial charge in [0.1, 0.15) is 13.2 Å². The molecule has 2 N–H and O–H groups in total. The summed E-state index contributed by atoms with van der Waals surface area (Å²) >= 11 is 0. The molecule has 110 valence electrons. The summed E-state index contributed by atoms with van der Waals surface area (Å²) in [7, 11) is 1.81. The molecule has 0 aromatic heterocycles. The molecule has 0 saturated heterocycles. The van der Waals surface area contributed by atoms with Crippen LogP contribution in [0.4, 0.5) is 5.69 Å². The molecule has 1 aromatic rings. The van der Waals surface area contributed by atoms with Crippen LogP contribution in [0.25, 0.3) is 0 Å². The molecular formula is C15H22N2O3. The van der Waals surface area contributed by atoms with Crippen LogP contribution >= 0.6 is 0 Å². The SMILES string of the molecule is CCCC[C@@H](NC)C(=O)Nc1ccc2c(c1)OCCO2. The first kappa shape index (κ1) is 14.7. The highest BCUT2D eigenvalue weighted by atomic mass is 16.6. The molecule has 0 saturated carbocycles. The molecule has 0 radical (unpaired) electrons. The van der Waals surface area contributed by atoms with Crippen LogP contribution in [0.1, 0.15) is 26.2 Å². The van der Waals surface area contributed by atoms with Gasteiger partial charge in [-0.15, -0.1) is 0 Å². The number of nitrogens with one attached hydrogen (secondary N) is 2. The van der Waals surface area contributed by atoms with Crippen LogP contribution < -0.4 is 20.1 Å². The van der Waals surface area contributed by atoms with Gasteiger partial charge in [0.25, 0.3) is 0 Å². The lowest BCUT2D eigenvalue weighted by Gasteiger charge is -2.20. The summed E-state index contributed by atoms with van der Waals surface area (Å²) in [6, 6.07) is 5.30. The molecule has 1 heterocycles. The number of hydrogen-bond acceptors (Lipinski definition) is 4. The summed E-state index contributed by atoms with van der Waals surface area (Å²) in [6.07, 6.45) is 2.94. The van der Waals surface area contributed by atoms with Gasteiger partial charge < -0.3 is 20.1 Å². The molecule has 20 heavy (non-hydrogen) atoms. The van der Waals surface area contributed by atoms with E-state index < -0.39 is 0 Å². The quantitative estimate of drug-likeness (QED) is 0.837. The van der Waals surface area contributed by atoms with Crippen LogP contribution in [0.3, 0.4) is 0 Å². The first-order chi connectivity index (χ1) is 9.74. The number of hydrogen-bond donors (Lipinski definition) is 2. The fourth-order valence-corrected chi connectivity index (χ4v) is 2.17. The van der Waals surface area contributed by atoms with E-state index in [0.29, 0.717) is 19.0 Å². The number of carbonyl (C=O) groups excluding carboxylic acids is 1. The normalized spacial score (nSPS) is 14.7. The lowest BCUT2D eigenvalue weighted by atomic mass is 10.1. The van der Waals surface area contributed by atoms with E-state index in [9.17, 15) is 4.79 Å². The first-order valence-corrected chi connectivity index (χ1v) is 7.12. The minimum absolute atomic E-state index is 0.0161. The average molecular weight is 278 g/mol. The van der Waals surface area contributed by atoms with Gasteiger partial charge in [-0.05, 0) is 25.6 Å². The molecule has 1 atom stereocenters. The Bertz CT molecular complexity index is 462. The summed E-state index contributed by atoms with van der Waals surface area (Å²) in [5, 5.41) is 5.97. The van der Waals surface area contributed by atoms with Gasteiger partial charge in [0.15, 0.2) is 11.5 Å². The minimum Gasteiger partial charge on any atom is -0.486 e. The van der Waals surface area contributed by atoms with Gasteiger partial charge in [-0.1, -0.05) is 19.8 Å². The fourth-order valence-electron chi connectivity index (χ4n) is 2.17. The number of likely N-dealkylation sites (N-methyl/N-ethyl adjacent to an activating group) is 1. The zero-order valence-electron chi connectivity index (χ0n) is 12.1. The Morgan fingerprint density at radius 3 is 2.75 bits per heavy atom. The maximum atomic E-state index is 12.2. The number of fused-ring (bicyclic) bond motifs is 1. The van der Waals surface area contributed by atoms with E-state index in [1.807, 2.05) is 19.2 Å². The number of rotatable bonds is 6. The monoisotopic (exact) mass is 278 g/mol. The molecule has 0 fully saturated rings. The summed E-state index contributed by atoms with van der Waals surface area (Å²) in [4.78, 5) is 12.2. The molecule has 5 nitrogen and oxygen atoms in total. The summed E-state index contributed by atoms with van der Waals surface area (Å²) < 4.78 is 11.0. The van der Waals surface area contributed by atoms with E-state index in [4.69, 9.17) is 9.47 Å². The third-order valence-corrected chi connectivity index (χ3v) is 3.32. The fraction of sp³-hybridized carbons (Fsp3) is 0.533. The van der Waals surface area contributed by atoms with Crippen LogP contribution in [0.2, 0.25) is 0 Å². The van der Waals surface area contributed by atoms with Crippen molar-refractivity contribution >= 4 is 11.6 Å². The Morgan fingerprint density at radius 2 is 2.05 bits per heavy atom. The summed E-state index contributed by atoms with van der Waals surface area (Å²) in [5.41, 5.74) is 0.732. The molecule has 0 unspecified atom stereocenters. The summed E-state index contributed by atoms with van der Waals surface area (Å²) in [5.74, 6) is 1.40. The molecule has 1 aliphatic rings. The molecule has 1 aliphatic heterocycles. The van der Waals surface area contributed by atoms with Gasteiger partial charge in [-0.2, -0.15) is 0 Å². The van der Waals surface area contributed by atoms with Crippen molar-refractivity contribution in [3.05, 3.63) is 18.2 Å². The number of anilines is 1. The second kappa shape index (κ2) is 7.14. The van der Waals surface area contributed by atoms with E-state index in [2.05, 4.69) is 17.6 Å². The van der Waals surface area contributed by atoms with Crippen LogP contribution in [-0.4, -0.2) is 32.2 Å². The third kappa shape index (κ3) is 3.63. The lowest BCUT2D eigenvalue weighted by molar-refractivity contribution is -0.118. The first-order valence-electron chi connectivity index (χ1n) is 7.12. The molecule has 5 heteroatoms.